The molecule has 56 valence electrons. The highest BCUT2D eigenvalue weighted by atomic mass is 32.2. The molecule has 0 radical (unpaired) electrons. The van der Waals surface area contributed by atoms with E-state index >= 15 is 0 Å². The van der Waals surface area contributed by atoms with Crippen LogP contribution in [0.5, 0.6) is 0 Å². The van der Waals surface area contributed by atoms with Gasteiger partial charge in [-0.05, 0) is 6.26 Å². The van der Waals surface area contributed by atoms with Crippen molar-refractivity contribution in [3.05, 3.63) is 0 Å². The Labute approximate surface area is 68.0 Å². The molecule has 1 unspecified atom stereocenters. The van der Waals surface area contributed by atoms with Crippen molar-refractivity contribution in [1.82, 2.24) is 0 Å². The van der Waals surface area contributed by atoms with Crippen LogP contribution in [0, 0.1) is 17.2 Å². The monoisotopic (exact) mass is 167 g/mol. The second kappa shape index (κ2) is 3.30. The number of hydrogen-bond donors (Lipinski definition) is 0. The summed E-state index contributed by atoms with van der Waals surface area (Å²) < 4.78 is 0. The van der Waals surface area contributed by atoms with Gasteiger partial charge >= 0.3 is 0 Å². The van der Waals surface area contributed by atoms with Crippen LogP contribution in [0.15, 0.2) is 9.98 Å². The topological polar surface area (TPSA) is 65.6 Å². The molecule has 0 N–H and O–H groups in total. The summed E-state index contributed by atoms with van der Waals surface area (Å²) in [6.45, 7) is 0. The van der Waals surface area contributed by atoms with E-state index in [9.17, 15) is 4.79 Å². The third kappa shape index (κ3) is 1.65. The Morgan fingerprint density at radius 1 is 1.82 bits per heavy atom. The van der Waals surface area contributed by atoms with Crippen LogP contribution in [0.2, 0.25) is 0 Å². The summed E-state index contributed by atoms with van der Waals surface area (Å²) in [5, 5.41) is 8.80. The minimum absolute atomic E-state index is 0.418. The zero-order chi connectivity index (χ0) is 8.27. The molecule has 1 aliphatic rings. The molecule has 0 saturated carbocycles. The first-order chi connectivity index (χ1) is 5.27. The summed E-state index contributed by atoms with van der Waals surface area (Å²) in [4.78, 5) is 18.2. The number of hydrogen-bond acceptors (Lipinski definition) is 4. The van der Waals surface area contributed by atoms with E-state index in [0.29, 0.717) is 5.17 Å². The average Bonchev–Trinajstić information content (AvgIpc) is 2.04. The summed E-state index contributed by atoms with van der Waals surface area (Å²) in [5.41, 5.74) is 0. The van der Waals surface area contributed by atoms with E-state index in [1.165, 1.54) is 18.0 Å². The predicted octanol–water partition coefficient (Wildman–Crippen LogP) is 0.456. The highest BCUT2D eigenvalue weighted by Crippen LogP contribution is 2.08. The maximum absolute atomic E-state index is 10.9. The van der Waals surface area contributed by atoms with Gasteiger partial charge in [-0.3, -0.25) is 4.79 Å². The SMILES string of the molecule is CSC1=NC(=O)C(C#N)C=N1. The highest BCUT2D eigenvalue weighted by molar-refractivity contribution is 8.13. The van der Waals surface area contributed by atoms with Crippen molar-refractivity contribution in [1.29, 1.82) is 5.26 Å². The number of nitrogens with zero attached hydrogens (tertiary/aromatic N) is 3. The molecule has 11 heavy (non-hydrogen) atoms. The number of thioether (sulfide) groups is 1. The van der Waals surface area contributed by atoms with E-state index in [-0.39, 0.29) is 0 Å². The molecule has 0 saturated heterocycles. The van der Waals surface area contributed by atoms with Crippen LogP contribution in [0.4, 0.5) is 0 Å². The van der Waals surface area contributed by atoms with Crippen LogP contribution in [0.3, 0.4) is 0 Å². The molecule has 0 bridgehead atoms. The van der Waals surface area contributed by atoms with Gasteiger partial charge in [0.25, 0.3) is 5.91 Å². The fraction of sp³-hybridized carbons (Fsp3) is 0.333. The van der Waals surface area contributed by atoms with Crippen molar-refractivity contribution < 1.29 is 4.79 Å². The van der Waals surface area contributed by atoms with E-state index < -0.39 is 11.8 Å². The Morgan fingerprint density at radius 2 is 2.55 bits per heavy atom. The first-order valence-corrected chi connectivity index (χ1v) is 4.10. The van der Waals surface area contributed by atoms with Crippen molar-refractivity contribution in [2.75, 3.05) is 6.26 Å². The zero-order valence-corrected chi connectivity index (χ0v) is 6.63. The van der Waals surface area contributed by atoms with Crippen molar-refractivity contribution in [2.45, 2.75) is 0 Å². The fourth-order valence-corrected chi connectivity index (χ4v) is 0.929. The van der Waals surface area contributed by atoms with Gasteiger partial charge in [0.15, 0.2) is 11.1 Å². The molecule has 1 heterocycles. The smallest absolute Gasteiger partial charge is 0.270 e. The largest absolute Gasteiger partial charge is 0.271 e. The molecule has 4 nitrogen and oxygen atoms in total. The third-order valence-electron chi connectivity index (χ3n) is 1.13. The number of aliphatic imine (C=N–C) groups is 2. The lowest BCUT2D eigenvalue weighted by Crippen LogP contribution is -2.17. The summed E-state index contributed by atoms with van der Waals surface area (Å²) in [6, 6.07) is 1.78. The Hall–Kier alpha value is -1.15. The van der Waals surface area contributed by atoms with Crippen LogP contribution in [0.25, 0.3) is 0 Å². The van der Waals surface area contributed by atoms with Crippen LogP contribution in [0.1, 0.15) is 0 Å². The number of carbonyl (C=O) groups excluding carboxylic acids is 1. The van der Waals surface area contributed by atoms with Gasteiger partial charge in [-0.15, -0.1) is 0 Å². The lowest BCUT2D eigenvalue weighted by molar-refractivity contribution is -0.118. The van der Waals surface area contributed by atoms with Crippen molar-refractivity contribution >= 4 is 29.1 Å². The molecule has 1 aliphatic heterocycles. The van der Waals surface area contributed by atoms with Crippen molar-refractivity contribution in [3.63, 3.8) is 0 Å². The van der Waals surface area contributed by atoms with Crippen molar-refractivity contribution in [3.8, 4) is 6.07 Å². The zero-order valence-electron chi connectivity index (χ0n) is 5.81. The fourth-order valence-electron chi connectivity index (χ4n) is 0.582. The Balaban J connectivity index is 2.81. The third-order valence-corrected chi connectivity index (χ3v) is 1.69. The van der Waals surface area contributed by atoms with E-state index in [0.717, 1.165) is 0 Å². The number of amides is 1. The first-order valence-electron chi connectivity index (χ1n) is 2.88. The number of amidine groups is 1. The molecule has 0 aromatic heterocycles. The lowest BCUT2D eigenvalue weighted by Gasteiger charge is -2.03. The molecule has 5 heteroatoms. The lowest BCUT2D eigenvalue weighted by atomic mass is 10.2. The Morgan fingerprint density at radius 3 is 3.00 bits per heavy atom. The normalized spacial score (nSPS) is 22.7. The number of carbonyl (C=O) groups is 1. The second-order valence-electron chi connectivity index (χ2n) is 1.82. The summed E-state index contributed by atoms with van der Waals surface area (Å²) in [5.74, 6) is -1.21. The molecule has 1 rings (SSSR count). The van der Waals surface area contributed by atoms with Gasteiger partial charge in [-0.1, -0.05) is 11.8 Å². The molecular formula is C6H5N3OS. The van der Waals surface area contributed by atoms with Crippen LogP contribution < -0.4 is 0 Å². The molecule has 1 atom stereocenters. The maximum atomic E-state index is 10.9. The van der Waals surface area contributed by atoms with Crippen molar-refractivity contribution in [2.24, 2.45) is 15.9 Å². The highest BCUT2D eigenvalue weighted by Gasteiger charge is 2.19. The van der Waals surface area contributed by atoms with E-state index in [2.05, 4.69) is 9.98 Å². The average molecular weight is 167 g/mol. The molecule has 0 aliphatic carbocycles. The minimum Gasteiger partial charge on any atom is -0.271 e. The summed E-state index contributed by atoms with van der Waals surface area (Å²) >= 11 is 1.28. The molecule has 0 spiro atoms. The van der Waals surface area contributed by atoms with Gasteiger partial charge in [0.1, 0.15) is 0 Å². The first kappa shape index (κ1) is 7.95. The van der Waals surface area contributed by atoms with Crippen LogP contribution >= 0.6 is 11.8 Å². The van der Waals surface area contributed by atoms with Gasteiger partial charge in [-0.25, -0.2) is 4.99 Å². The quantitative estimate of drug-likeness (QED) is 0.526. The Bertz CT molecular complexity index is 276. The molecule has 1 amide bonds. The molecular weight excluding hydrogens is 162 g/mol. The standard InChI is InChI=1S/C6H5N3OS/c1-11-6-8-3-4(2-7)5(10)9-6/h3-4H,1H3. The maximum Gasteiger partial charge on any atom is 0.270 e. The minimum atomic E-state index is -0.786. The molecule has 0 aromatic carbocycles. The number of nitriles is 1. The Kier molecular flexibility index (Phi) is 2.39. The summed E-state index contributed by atoms with van der Waals surface area (Å²) in [6.07, 6.45) is 3.09. The van der Waals surface area contributed by atoms with Gasteiger partial charge < -0.3 is 0 Å². The summed E-state index contributed by atoms with van der Waals surface area (Å²) in [7, 11) is 0. The second-order valence-corrected chi connectivity index (χ2v) is 2.60. The van der Waals surface area contributed by atoms with E-state index in [1.807, 2.05) is 0 Å². The van der Waals surface area contributed by atoms with Gasteiger partial charge in [0.05, 0.1) is 6.07 Å². The van der Waals surface area contributed by atoms with E-state index in [1.54, 1.807) is 12.3 Å². The molecule has 0 fully saturated rings. The van der Waals surface area contributed by atoms with Gasteiger partial charge in [0, 0.05) is 6.21 Å². The van der Waals surface area contributed by atoms with E-state index in [4.69, 9.17) is 5.26 Å². The molecule has 0 aromatic rings. The van der Waals surface area contributed by atoms with Gasteiger partial charge in [-0.2, -0.15) is 10.3 Å². The van der Waals surface area contributed by atoms with Crippen LogP contribution in [-0.2, 0) is 4.79 Å². The predicted molar refractivity (Wildman–Crippen MR) is 43.6 cm³/mol. The number of rotatable bonds is 0. The van der Waals surface area contributed by atoms with Crippen LogP contribution in [-0.4, -0.2) is 23.5 Å². The van der Waals surface area contributed by atoms with Gasteiger partial charge in [0.2, 0.25) is 0 Å².